The second-order valence-electron chi connectivity index (χ2n) is 6.88. The molecule has 5 rings (SSSR count). The first-order chi connectivity index (χ1) is 14.2. The summed E-state index contributed by atoms with van der Waals surface area (Å²) in [6, 6.07) is 16.0. The molecule has 1 fully saturated rings. The lowest BCUT2D eigenvalue weighted by Crippen LogP contribution is -2.20. The van der Waals surface area contributed by atoms with Crippen LogP contribution in [-0.2, 0) is 11.2 Å². The third-order valence-corrected chi connectivity index (χ3v) is 5.95. The minimum absolute atomic E-state index is 0.0172. The fourth-order valence-electron chi connectivity index (χ4n) is 3.40. The average molecular weight is 404 g/mol. The molecule has 1 amide bonds. The van der Waals surface area contributed by atoms with Crippen LogP contribution in [0.25, 0.3) is 21.3 Å². The number of benzene rings is 2. The molecular weight excluding hydrogens is 388 g/mol. The van der Waals surface area contributed by atoms with Crippen LogP contribution in [0.2, 0.25) is 0 Å². The summed E-state index contributed by atoms with van der Waals surface area (Å²) in [6.07, 6.45) is 1.07. The van der Waals surface area contributed by atoms with E-state index in [-0.39, 0.29) is 17.7 Å². The summed E-state index contributed by atoms with van der Waals surface area (Å²) in [4.78, 5) is 28.9. The van der Waals surface area contributed by atoms with Crippen LogP contribution in [-0.4, -0.2) is 33.4 Å². The summed E-state index contributed by atoms with van der Waals surface area (Å²) in [5.41, 5.74) is 2.92. The van der Waals surface area contributed by atoms with E-state index in [0.717, 1.165) is 27.8 Å². The van der Waals surface area contributed by atoms with E-state index in [0.29, 0.717) is 23.9 Å². The minimum Gasteiger partial charge on any atom is -0.418 e. The zero-order valence-electron chi connectivity index (χ0n) is 15.3. The van der Waals surface area contributed by atoms with Gasteiger partial charge in [-0.2, -0.15) is 0 Å². The Balaban J connectivity index is 1.39. The van der Waals surface area contributed by atoms with E-state index in [1.165, 1.54) is 11.3 Å². The molecule has 0 spiro atoms. The van der Waals surface area contributed by atoms with Gasteiger partial charge in [-0.3, -0.25) is 9.59 Å². The van der Waals surface area contributed by atoms with Gasteiger partial charge >= 0.3 is 0 Å². The number of carbonyl (C=O) groups is 2. The van der Waals surface area contributed by atoms with Crippen molar-refractivity contribution in [1.29, 1.82) is 0 Å². The van der Waals surface area contributed by atoms with Gasteiger partial charge in [-0.15, -0.1) is 21.5 Å². The predicted molar refractivity (Wildman–Crippen MR) is 108 cm³/mol. The first-order valence-electron chi connectivity index (χ1n) is 9.28. The average Bonchev–Trinajstić information content (AvgIpc) is 3.48. The fourth-order valence-corrected chi connectivity index (χ4v) is 4.34. The van der Waals surface area contributed by atoms with Crippen molar-refractivity contribution >= 4 is 33.2 Å². The Kier molecular flexibility index (Phi) is 4.40. The molecule has 0 aliphatic carbocycles. The van der Waals surface area contributed by atoms with Gasteiger partial charge in [0.05, 0.1) is 10.2 Å². The Hall–Kier alpha value is -3.39. The molecule has 1 N–H and O–H groups in total. The number of ketones is 1. The van der Waals surface area contributed by atoms with E-state index in [9.17, 15) is 9.59 Å². The number of rotatable bonds is 5. The van der Waals surface area contributed by atoms with Crippen LogP contribution in [0, 0.1) is 5.92 Å². The van der Waals surface area contributed by atoms with Crippen molar-refractivity contribution in [2.75, 3.05) is 6.54 Å². The number of nitrogens with zero attached hydrogens (tertiary/aromatic N) is 3. The molecule has 1 saturated heterocycles. The van der Waals surface area contributed by atoms with Crippen molar-refractivity contribution in [1.82, 2.24) is 20.5 Å². The van der Waals surface area contributed by atoms with Crippen LogP contribution in [0.1, 0.15) is 28.0 Å². The number of fused-ring (bicyclic) bond motifs is 1. The van der Waals surface area contributed by atoms with Crippen molar-refractivity contribution in [3.8, 4) is 11.1 Å². The van der Waals surface area contributed by atoms with Gasteiger partial charge < -0.3 is 9.73 Å². The van der Waals surface area contributed by atoms with Gasteiger partial charge in [-0.1, -0.05) is 36.4 Å². The monoisotopic (exact) mass is 404 g/mol. The van der Waals surface area contributed by atoms with E-state index in [4.69, 9.17) is 4.42 Å². The normalized spacial score (nSPS) is 16.3. The van der Waals surface area contributed by atoms with Crippen LogP contribution in [0.3, 0.4) is 0 Å². The zero-order valence-corrected chi connectivity index (χ0v) is 16.1. The summed E-state index contributed by atoms with van der Waals surface area (Å²) < 4.78 is 6.43. The van der Waals surface area contributed by atoms with Gasteiger partial charge in [0.25, 0.3) is 11.7 Å². The first kappa shape index (κ1) is 17.7. The maximum absolute atomic E-state index is 12.8. The lowest BCUT2D eigenvalue weighted by Gasteiger charge is -2.00. The largest absolute Gasteiger partial charge is 0.418 e. The van der Waals surface area contributed by atoms with Gasteiger partial charge in [-0.05, 0) is 29.7 Å². The SMILES string of the molecule is O=C(c1nnc(C[C@H]2CCNC2=O)o1)c1nc2ccc(-c3ccccc3)cc2s1. The Bertz CT molecular complexity index is 1220. The smallest absolute Gasteiger partial charge is 0.291 e. The molecule has 2 aromatic heterocycles. The van der Waals surface area contributed by atoms with Crippen LogP contribution >= 0.6 is 11.3 Å². The van der Waals surface area contributed by atoms with Crippen LogP contribution < -0.4 is 5.32 Å². The number of nitrogens with one attached hydrogen (secondary N) is 1. The second kappa shape index (κ2) is 7.21. The molecule has 8 heteroatoms. The summed E-state index contributed by atoms with van der Waals surface area (Å²) in [6.45, 7) is 0.653. The second-order valence-corrected chi connectivity index (χ2v) is 7.91. The van der Waals surface area contributed by atoms with Crippen molar-refractivity contribution in [3.05, 3.63) is 65.3 Å². The number of carbonyl (C=O) groups excluding carboxylic acids is 2. The van der Waals surface area contributed by atoms with Crippen molar-refractivity contribution in [2.24, 2.45) is 5.92 Å². The molecule has 1 atom stereocenters. The molecule has 2 aromatic carbocycles. The number of amides is 1. The van der Waals surface area contributed by atoms with E-state index in [1.54, 1.807) is 0 Å². The number of aromatic nitrogens is 3. The lowest BCUT2D eigenvalue weighted by molar-refractivity contribution is -0.122. The fraction of sp³-hybridized carbons (Fsp3) is 0.190. The summed E-state index contributed by atoms with van der Waals surface area (Å²) in [5.74, 6) is -0.403. The first-order valence-corrected chi connectivity index (χ1v) is 10.1. The van der Waals surface area contributed by atoms with Crippen LogP contribution in [0.5, 0.6) is 0 Å². The maximum atomic E-state index is 12.8. The summed E-state index contributed by atoms with van der Waals surface area (Å²) >= 11 is 1.30. The molecule has 4 aromatic rings. The molecule has 0 unspecified atom stereocenters. The lowest BCUT2D eigenvalue weighted by atomic mass is 10.0. The number of hydrogen-bond acceptors (Lipinski definition) is 7. The summed E-state index contributed by atoms with van der Waals surface area (Å²) in [5, 5.41) is 10.9. The Labute approximate surface area is 169 Å². The van der Waals surface area contributed by atoms with Gasteiger partial charge in [0.1, 0.15) is 0 Å². The Morgan fingerprint density at radius 2 is 2.00 bits per heavy atom. The topological polar surface area (TPSA) is 98.0 Å². The highest BCUT2D eigenvalue weighted by Gasteiger charge is 2.28. The minimum atomic E-state index is -0.401. The van der Waals surface area contributed by atoms with Crippen LogP contribution in [0.4, 0.5) is 0 Å². The highest BCUT2D eigenvalue weighted by Crippen LogP contribution is 2.29. The van der Waals surface area contributed by atoms with Crippen molar-refractivity contribution in [2.45, 2.75) is 12.8 Å². The molecule has 29 heavy (non-hydrogen) atoms. The highest BCUT2D eigenvalue weighted by atomic mass is 32.1. The van der Waals surface area contributed by atoms with Crippen molar-refractivity contribution < 1.29 is 14.0 Å². The zero-order chi connectivity index (χ0) is 19.8. The van der Waals surface area contributed by atoms with Gasteiger partial charge in [-0.25, -0.2) is 4.98 Å². The van der Waals surface area contributed by atoms with E-state index in [1.807, 2.05) is 48.5 Å². The molecule has 1 aliphatic rings. The third kappa shape index (κ3) is 3.42. The predicted octanol–water partition coefficient (Wildman–Crippen LogP) is 3.26. The van der Waals surface area contributed by atoms with Gasteiger partial charge in [0.2, 0.25) is 11.8 Å². The van der Waals surface area contributed by atoms with E-state index >= 15 is 0 Å². The quantitative estimate of drug-likeness (QED) is 0.513. The number of hydrogen-bond donors (Lipinski definition) is 1. The Morgan fingerprint density at radius 3 is 2.79 bits per heavy atom. The van der Waals surface area contributed by atoms with Gasteiger partial charge in [0.15, 0.2) is 5.01 Å². The maximum Gasteiger partial charge on any atom is 0.291 e. The molecule has 144 valence electrons. The molecule has 1 aliphatic heterocycles. The molecule has 0 saturated carbocycles. The van der Waals surface area contributed by atoms with Crippen LogP contribution in [0.15, 0.2) is 52.9 Å². The molecule has 0 radical (unpaired) electrons. The molecular formula is C21H16N4O3S. The van der Waals surface area contributed by atoms with Crippen molar-refractivity contribution in [3.63, 3.8) is 0 Å². The highest BCUT2D eigenvalue weighted by molar-refractivity contribution is 7.20. The molecule has 0 bridgehead atoms. The molecule has 7 nitrogen and oxygen atoms in total. The number of thiazole rings is 1. The summed E-state index contributed by atoms with van der Waals surface area (Å²) in [7, 11) is 0. The van der Waals surface area contributed by atoms with E-state index in [2.05, 4.69) is 20.5 Å². The standard InChI is InChI=1S/C21H16N4O3S/c26-18(20-25-24-17(28-20)11-14-8-9-22-19(14)27)21-23-15-7-6-13(10-16(15)29-21)12-4-2-1-3-5-12/h1-7,10,14H,8-9,11H2,(H,22,27)/t14-/m1/s1. The third-order valence-electron chi connectivity index (χ3n) is 4.93. The van der Waals surface area contributed by atoms with E-state index < -0.39 is 5.78 Å². The Morgan fingerprint density at radius 1 is 1.14 bits per heavy atom. The van der Waals surface area contributed by atoms with Gasteiger partial charge in [0, 0.05) is 18.9 Å². The molecule has 3 heterocycles.